The van der Waals surface area contributed by atoms with Crippen LogP contribution in [0.2, 0.25) is 0 Å². The zero-order valence-electron chi connectivity index (χ0n) is 20.8. The average molecular weight is 460 g/mol. The smallest absolute Gasteiger partial charge is 0.273 e. The van der Waals surface area contributed by atoms with Crippen molar-refractivity contribution in [3.8, 4) is 22.7 Å². The van der Waals surface area contributed by atoms with Gasteiger partial charge in [-0.05, 0) is 82.7 Å². The van der Waals surface area contributed by atoms with Gasteiger partial charge in [0.25, 0.3) is 5.91 Å². The summed E-state index contributed by atoms with van der Waals surface area (Å²) in [4.78, 5) is 27.1. The molecule has 0 atom stereocenters. The summed E-state index contributed by atoms with van der Waals surface area (Å²) in [5.74, 6) is 0.527. The number of nitrogens with zero attached hydrogens (tertiary/aromatic N) is 3. The number of aryl methyl sites for hydroxylation is 2. The molecule has 3 heterocycles. The Balaban J connectivity index is 1.64. The van der Waals surface area contributed by atoms with E-state index in [1.807, 2.05) is 40.1 Å². The van der Waals surface area contributed by atoms with Crippen LogP contribution in [-0.4, -0.2) is 52.9 Å². The van der Waals surface area contributed by atoms with Crippen molar-refractivity contribution in [2.75, 3.05) is 27.2 Å². The third kappa shape index (κ3) is 5.04. The van der Waals surface area contributed by atoms with Crippen LogP contribution in [0, 0.1) is 13.8 Å². The van der Waals surface area contributed by atoms with E-state index >= 15 is 0 Å². The highest BCUT2D eigenvalue weighted by Crippen LogP contribution is 2.37. The zero-order chi connectivity index (χ0) is 24.4. The first-order chi connectivity index (χ1) is 16.2. The number of H-pyrrole nitrogens is 1. The predicted molar refractivity (Wildman–Crippen MR) is 136 cm³/mol. The third-order valence-electron chi connectivity index (χ3n) is 5.84. The monoisotopic (exact) mass is 459 g/mol. The van der Waals surface area contributed by atoms with E-state index in [9.17, 15) is 4.79 Å². The van der Waals surface area contributed by atoms with Crippen LogP contribution < -0.4 is 5.32 Å². The highest BCUT2D eigenvalue weighted by atomic mass is 16.3. The Morgan fingerprint density at radius 1 is 1.09 bits per heavy atom. The fraction of sp³-hybridized carbons (Fsp3) is 0.370. The molecular formula is C27H33N5O2. The fourth-order valence-corrected chi connectivity index (χ4v) is 4.35. The fourth-order valence-electron chi connectivity index (χ4n) is 4.35. The molecule has 3 aromatic heterocycles. The number of fused-ring (bicyclic) bond motifs is 1. The minimum absolute atomic E-state index is 0.218. The lowest BCUT2D eigenvalue weighted by atomic mass is 9.95. The minimum atomic E-state index is -0.218. The predicted octanol–water partition coefficient (Wildman–Crippen LogP) is 5.31. The van der Waals surface area contributed by atoms with Crippen molar-refractivity contribution in [2.24, 2.45) is 0 Å². The number of carbonyl (C=O) groups is 1. The van der Waals surface area contributed by atoms with E-state index in [1.54, 1.807) is 0 Å². The van der Waals surface area contributed by atoms with Gasteiger partial charge in [-0.15, -0.1) is 0 Å². The highest BCUT2D eigenvalue weighted by Gasteiger charge is 2.19. The molecule has 0 unspecified atom stereocenters. The minimum Gasteiger partial charge on any atom is -0.444 e. The molecule has 0 spiro atoms. The molecule has 1 amide bonds. The first-order valence-electron chi connectivity index (χ1n) is 11.7. The van der Waals surface area contributed by atoms with E-state index in [0.717, 1.165) is 52.1 Å². The highest BCUT2D eigenvalue weighted by molar-refractivity contribution is 5.95. The molecule has 178 valence electrons. The second-order valence-corrected chi connectivity index (χ2v) is 9.42. The second kappa shape index (κ2) is 9.81. The maximum atomic E-state index is 12.4. The summed E-state index contributed by atoms with van der Waals surface area (Å²) < 4.78 is 5.69. The molecule has 34 heavy (non-hydrogen) atoms. The summed E-state index contributed by atoms with van der Waals surface area (Å²) in [7, 11) is 4.03. The summed E-state index contributed by atoms with van der Waals surface area (Å²) >= 11 is 0. The number of rotatable bonds is 8. The lowest BCUT2D eigenvalue weighted by Crippen LogP contribution is -2.27. The molecule has 0 radical (unpaired) electrons. The van der Waals surface area contributed by atoms with Crippen LogP contribution >= 0.6 is 0 Å². The maximum absolute atomic E-state index is 12.4. The van der Waals surface area contributed by atoms with Gasteiger partial charge in [0.05, 0.1) is 5.69 Å². The summed E-state index contributed by atoms with van der Waals surface area (Å²) in [6.45, 7) is 9.95. The molecule has 0 aliphatic heterocycles. The van der Waals surface area contributed by atoms with Gasteiger partial charge < -0.3 is 19.6 Å². The zero-order valence-corrected chi connectivity index (χ0v) is 20.8. The van der Waals surface area contributed by atoms with Crippen molar-refractivity contribution in [1.29, 1.82) is 0 Å². The van der Waals surface area contributed by atoms with Crippen LogP contribution in [0.15, 0.2) is 41.0 Å². The van der Waals surface area contributed by atoms with Gasteiger partial charge >= 0.3 is 0 Å². The molecule has 7 nitrogen and oxygen atoms in total. The van der Waals surface area contributed by atoms with Crippen LogP contribution in [0.3, 0.4) is 0 Å². The quantitative estimate of drug-likeness (QED) is 0.349. The first kappa shape index (κ1) is 23.7. The molecule has 0 aliphatic rings. The van der Waals surface area contributed by atoms with Crippen molar-refractivity contribution in [2.45, 2.75) is 40.0 Å². The van der Waals surface area contributed by atoms with Crippen LogP contribution in [0.4, 0.5) is 0 Å². The molecule has 7 heteroatoms. The molecule has 2 N–H and O–H groups in total. The Morgan fingerprint density at radius 2 is 1.82 bits per heavy atom. The molecule has 0 saturated heterocycles. The normalized spacial score (nSPS) is 11.6. The van der Waals surface area contributed by atoms with Crippen LogP contribution in [0.5, 0.6) is 0 Å². The molecular weight excluding hydrogens is 426 g/mol. The van der Waals surface area contributed by atoms with E-state index in [-0.39, 0.29) is 5.91 Å². The molecule has 4 rings (SSSR count). The Morgan fingerprint density at radius 3 is 2.50 bits per heavy atom. The van der Waals surface area contributed by atoms with Crippen molar-refractivity contribution >= 4 is 16.8 Å². The number of oxazole rings is 1. The van der Waals surface area contributed by atoms with Gasteiger partial charge in [-0.1, -0.05) is 13.8 Å². The standard InChI is InChI=1S/C27H33N5O2/c1-16(2)24-21-14-19(27-31-23(15-34-27)26(33)28-10-7-11-32(5)6)8-9-22(21)30-25(24)20-12-17(3)29-18(4)13-20/h8-9,12-16,30H,7,10-11H2,1-6H3,(H,28,33). The van der Waals surface area contributed by atoms with Gasteiger partial charge in [-0.2, -0.15) is 0 Å². The Hall–Kier alpha value is -3.45. The summed E-state index contributed by atoms with van der Waals surface area (Å²) in [5, 5.41) is 4.03. The van der Waals surface area contributed by atoms with Crippen molar-refractivity contribution in [1.82, 2.24) is 25.2 Å². The topological polar surface area (TPSA) is 87.0 Å². The van der Waals surface area contributed by atoms with Gasteiger partial charge in [0.1, 0.15) is 6.26 Å². The van der Waals surface area contributed by atoms with Crippen molar-refractivity contribution in [3.05, 3.63) is 59.2 Å². The number of hydrogen-bond donors (Lipinski definition) is 2. The van der Waals surface area contributed by atoms with E-state index in [2.05, 4.69) is 57.2 Å². The molecule has 0 bridgehead atoms. The number of nitrogens with one attached hydrogen (secondary N) is 2. The largest absolute Gasteiger partial charge is 0.444 e. The number of aromatic nitrogens is 3. The Labute approximate surface area is 200 Å². The van der Waals surface area contributed by atoms with Crippen molar-refractivity contribution in [3.63, 3.8) is 0 Å². The number of carbonyl (C=O) groups excluding carboxylic acids is 1. The van der Waals surface area contributed by atoms with E-state index in [1.165, 1.54) is 11.8 Å². The van der Waals surface area contributed by atoms with Crippen LogP contribution in [-0.2, 0) is 0 Å². The molecule has 1 aromatic carbocycles. The second-order valence-electron chi connectivity index (χ2n) is 9.42. The number of hydrogen-bond acceptors (Lipinski definition) is 5. The lowest BCUT2D eigenvalue weighted by Gasteiger charge is -2.10. The maximum Gasteiger partial charge on any atom is 0.273 e. The Bertz CT molecular complexity index is 1300. The first-order valence-corrected chi connectivity index (χ1v) is 11.7. The van der Waals surface area contributed by atoms with Gasteiger partial charge in [0, 0.05) is 40.0 Å². The van der Waals surface area contributed by atoms with Gasteiger partial charge in [0.2, 0.25) is 5.89 Å². The number of pyridine rings is 1. The summed E-state index contributed by atoms with van der Waals surface area (Å²) in [6, 6.07) is 10.3. The SMILES string of the molecule is Cc1cc(-c2[nH]c3ccc(-c4nc(C(=O)NCCCN(C)C)co4)cc3c2C(C)C)cc(C)n1. The third-order valence-corrected chi connectivity index (χ3v) is 5.84. The molecule has 0 fully saturated rings. The van der Waals surface area contributed by atoms with Gasteiger partial charge in [0.15, 0.2) is 5.69 Å². The average Bonchev–Trinajstić information content (AvgIpc) is 3.40. The van der Waals surface area contributed by atoms with Gasteiger partial charge in [-0.25, -0.2) is 4.98 Å². The van der Waals surface area contributed by atoms with Crippen LogP contribution in [0.25, 0.3) is 33.6 Å². The number of amides is 1. The molecule has 4 aromatic rings. The number of benzene rings is 1. The van der Waals surface area contributed by atoms with Crippen LogP contribution in [0.1, 0.15) is 53.6 Å². The number of aromatic amines is 1. The summed E-state index contributed by atoms with van der Waals surface area (Å²) in [6.07, 6.45) is 2.31. The summed E-state index contributed by atoms with van der Waals surface area (Å²) in [5.41, 5.74) is 7.67. The molecule has 0 aliphatic carbocycles. The van der Waals surface area contributed by atoms with Gasteiger partial charge in [-0.3, -0.25) is 9.78 Å². The van der Waals surface area contributed by atoms with E-state index in [0.29, 0.717) is 24.0 Å². The molecule has 0 saturated carbocycles. The van der Waals surface area contributed by atoms with E-state index in [4.69, 9.17) is 4.42 Å². The Kier molecular flexibility index (Phi) is 6.84. The van der Waals surface area contributed by atoms with E-state index < -0.39 is 0 Å². The lowest BCUT2D eigenvalue weighted by molar-refractivity contribution is 0.0947. The van der Waals surface area contributed by atoms with Crippen molar-refractivity contribution < 1.29 is 9.21 Å².